The molecule has 1 aromatic rings. The Kier molecular flexibility index (Phi) is 5.78. The smallest absolute Gasteiger partial charge is 0.257 e. The highest BCUT2D eigenvalue weighted by atomic mass is 16.6. The van der Waals surface area contributed by atoms with Gasteiger partial charge in [-0.3, -0.25) is 9.48 Å². The van der Waals surface area contributed by atoms with E-state index in [1.54, 1.807) is 26.2 Å². The topological polar surface area (TPSA) is 65.8 Å². The largest absolute Gasteiger partial charge is 0.376 e. The molecule has 0 saturated carbocycles. The number of carbonyl (C=O) groups excluding carboxylic acids is 1. The number of amides is 1. The fourth-order valence-electron chi connectivity index (χ4n) is 3.23. The van der Waals surface area contributed by atoms with Crippen LogP contribution < -0.4 is 0 Å². The Balaban J connectivity index is 2.26. The van der Waals surface area contributed by atoms with Crippen LogP contribution >= 0.6 is 0 Å². The third-order valence-corrected chi connectivity index (χ3v) is 4.60. The summed E-state index contributed by atoms with van der Waals surface area (Å²) in [5.74, 6) is -0.0629. The Morgan fingerprint density at radius 3 is 2.57 bits per heavy atom. The van der Waals surface area contributed by atoms with E-state index in [0.717, 1.165) is 17.9 Å². The molecule has 1 aliphatic rings. The van der Waals surface area contributed by atoms with E-state index >= 15 is 0 Å². The van der Waals surface area contributed by atoms with Gasteiger partial charge in [0.15, 0.2) is 0 Å². The fourth-order valence-corrected chi connectivity index (χ4v) is 3.23. The molecule has 130 valence electrons. The van der Waals surface area contributed by atoms with E-state index in [4.69, 9.17) is 14.2 Å². The van der Waals surface area contributed by atoms with E-state index in [-0.39, 0.29) is 24.2 Å². The van der Waals surface area contributed by atoms with E-state index in [0.29, 0.717) is 18.8 Å². The summed E-state index contributed by atoms with van der Waals surface area (Å²) in [4.78, 5) is 14.7. The van der Waals surface area contributed by atoms with Crippen molar-refractivity contribution in [3.63, 3.8) is 0 Å². The van der Waals surface area contributed by atoms with E-state index in [9.17, 15) is 4.79 Å². The van der Waals surface area contributed by atoms with Crippen molar-refractivity contribution >= 4 is 5.91 Å². The lowest BCUT2D eigenvalue weighted by Gasteiger charge is -2.40. The number of hydrogen-bond acceptors (Lipinski definition) is 5. The molecular weight excluding hydrogens is 298 g/mol. The Morgan fingerprint density at radius 1 is 1.35 bits per heavy atom. The highest BCUT2D eigenvalue weighted by Crippen LogP contribution is 2.22. The molecule has 1 aromatic heterocycles. The minimum absolute atomic E-state index is 0.0629. The lowest BCUT2D eigenvalue weighted by Crippen LogP contribution is -2.57. The maximum atomic E-state index is 13.0. The van der Waals surface area contributed by atoms with Crippen LogP contribution in [0.1, 0.15) is 28.7 Å². The second kappa shape index (κ2) is 7.42. The van der Waals surface area contributed by atoms with Gasteiger partial charge in [-0.25, -0.2) is 0 Å². The molecule has 0 spiro atoms. The number of hydrogen-bond donors (Lipinski definition) is 0. The molecule has 3 atom stereocenters. The molecule has 2 rings (SSSR count). The van der Waals surface area contributed by atoms with Gasteiger partial charge in [0.1, 0.15) is 12.2 Å². The molecule has 0 unspecified atom stereocenters. The summed E-state index contributed by atoms with van der Waals surface area (Å²) in [5, 5.41) is 4.43. The van der Waals surface area contributed by atoms with Crippen molar-refractivity contribution in [2.24, 2.45) is 0 Å². The van der Waals surface area contributed by atoms with Crippen LogP contribution in [0.5, 0.6) is 0 Å². The van der Waals surface area contributed by atoms with Crippen molar-refractivity contribution in [3.8, 4) is 0 Å². The molecule has 1 aliphatic heterocycles. The standard InChI is InChI=1S/C16H27N3O4/c1-7-19-11(3)14(10(2)17-19)16(20)18(4)12-8-23-9-13(21-5)15(12)22-6/h12-13,15H,7-9H2,1-6H3/t12-,13-,15+/m1/s1. The van der Waals surface area contributed by atoms with Crippen LogP contribution in [0.25, 0.3) is 0 Å². The monoisotopic (exact) mass is 325 g/mol. The first-order chi connectivity index (χ1) is 11.0. The van der Waals surface area contributed by atoms with Gasteiger partial charge in [-0.05, 0) is 20.8 Å². The highest BCUT2D eigenvalue weighted by molar-refractivity contribution is 5.96. The predicted molar refractivity (Wildman–Crippen MR) is 85.7 cm³/mol. The van der Waals surface area contributed by atoms with Crippen LogP contribution in [0.15, 0.2) is 0 Å². The molecule has 0 radical (unpaired) electrons. The molecule has 0 aliphatic carbocycles. The third-order valence-electron chi connectivity index (χ3n) is 4.60. The van der Waals surface area contributed by atoms with E-state index in [1.165, 1.54) is 0 Å². The summed E-state index contributed by atoms with van der Waals surface area (Å²) in [6, 6.07) is -0.199. The zero-order valence-electron chi connectivity index (χ0n) is 14.8. The average Bonchev–Trinajstić information content (AvgIpc) is 2.86. The molecule has 7 nitrogen and oxygen atoms in total. The van der Waals surface area contributed by atoms with E-state index < -0.39 is 0 Å². The van der Waals surface area contributed by atoms with Gasteiger partial charge >= 0.3 is 0 Å². The van der Waals surface area contributed by atoms with Crippen molar-refractivity contribution in [2.45, 2.75) is 45.6 Å². The van der Waals surface area contributed by atoms with Crippen molar-refractivity contribution < 1.29 is 19.0 Å². The number of nitrogens with zero attached hydrogens (tertiary/aromatic N) is 3. The van der Waals surface area contributed by atoms with Crippen LogP contribution in [0.2, 0.25) is 0 Å². The average molecular weight is 325 g/mol. The van der Waals surface area contributed by atoms with Crippen LogP contribution in [-0.4, -0.2) is 73.3 Å². The van der Waals surface area contributed by atoms with Crippen LogP contribution in [0, 0.1) is 13.8 Å². The molecule has 7 heteroatoms. The summed E-state index contributed by atoms with van der Waals surface area (Å²) >= 11 is 0. The van der Waals surface area contributed by atoms with Crippen molar-refractivity contribution in [1.82, 2.24) is 14.7 Å². The second-order valence-corrected chi connectivity index (χ2v) is 5.86. The molecule has 1 fully saturated rings. The molecule has 2 heterocycles. The van der Waals surface area contributed by atoms with E-state index in [1.807, 2.05) is 25.5 Å². The van der Waals surface area contributed by atoms with Gasteiger partial charge in [0.25, 0.3) is 5.91 Å². The van der Waals surface area contributed by atoms with E-state index in [2.05, 4.69) is 5.10 Å². The number of carbonyl (C=O) groups is 1. The normalized spacial score (nSPS) is 24.7. The molecule has 0 aromatic carbocycles. The minimum Gasteiger partial charge on any atom is -0.376 e. The molecule has 1 saturated heterocycles. The van der Waals surface area contributed by atoms with Gasteiger partial charge in [-0.2, -0.15) is 5.10 Å². The van der Waals surface area contributed by atoms with Gasteiger partial charge in [-0.15, -0.1) is 0 Å². The maximum absolute atomic E-state index is 13.0. The molecule has 1 amide bonds. The van der Waals surface area contributed by atoms with Gasteiger partial charge in [-0.1, -0.05) is 0 Å². The Hall–Kier alpha value is -1.44. The summed E-state index contributed by atoms with van der Waals surface area (Å²) < 4.78 is 18.4. The number of rotatable bonds is 5. The quantitative estimate of drug-likeness (QED) is 0.809. The molecule has 23 heavy (non-hydrogen) atoms. The van der Waals surface area contributed by atoms with Crippen molar-refractivity contribution in [2.75, 3.05) is 34.5 Å². The van der Waals surface area contributed by atoms with Crippen LogP contribution in [0.4, 0.5) is 0 Å². The maximum Gasteiger partial charge on any atom is 0.257 e. The predicted octanol–water partition coefficient (Wildman–Crippen LogP) is 1.02. The summed E-state index contributed by atoms with van der Waals surface area (Å²) in [6.07, 6.45) is -0.404. The van der Waals surface area contributed by atoms with Gasteiger partial charge in [0, 0.05) is 33.5 Å². The zero-order chi connectivity index (χ0) is 17.1. The lowest BCUT2D eigenvalue weighted by molar-refractivity contribution is -0.147. The Morgan fingerprint density at radius 2 is 2.04 bits per heavy atom. The Bertz CT molecular complexity index is 558. The molecular formula is C16H27N3O4. The van der Waals surface area contributed by atoms with Crippen molar-refractivity contribution in [1.29, 1.82) is 0 Å². The number of likely N-dealkylation sites (N-methyl/N-ethyl adjacent to an activating group) is 1. The number of ether oxygens (including phenoxy) is 3. The first-order valence-electron chi connectivity index (χ1n) is 7.90. The van der Waals surface area contributed by atoms with Gasteiger partial charge in [0.2, 0.25) is 0 Å². The third kappa shape index (κ3) is 3.27. The van der Waals surface area contributed by atoms with Crippen molar-refractivity contribution in [3.05, 3.63) is 17.0 Å². The van der Waals surface area contributed by atoms with Gasteiger partial charge < -0.3 is 19.1 Å². The SMILES string of the molecule is CCn1nc(C)c(C(=O)N(C)[C@@H]2COC[C@@H](OC)[C@H]2OC)c1C. The minimum atomic E-state index is -0.218. The number of methoxy groups -OCH3 is 2. The molecule has 0 bridgehead atoms. The highest BCUT2D eigenvalue weighted by Gasteiger charge is 2.39. The molecule has 0 N–H and O–H groups in total. The lowest BCUT2D eigenvalue weighted by atomic mass is 10.0. The van der Waals surface area contributed by atoms with Crippen LogP contribution in [0.3, 0.4) is 0 Å². The summed E-state index contributed by atoms with van der Waals surface area (Å²) in [6.45, 7) is 7.44. The fraction of sp³-hybridized carbons (Fsp3) is 0.750. The first-order valence-corrected chi connectivity index (χ1v) is 7.90. The second-order valence-electron chi connectivity index (χ2n) is 5.86. The number of aryl methyl sites for hydroxylation is 2. The summed E-state index contributed by atoms with van der Waals surface area (Å²) in [7, 11) is 5.05. The van der Waals surface area contributed by atoms with Crippen LogP contribution in [-0.2, 0) is 20.8 Å². The number of aromatic nitrogens is 2. The van der Waals surface area contributed by atoms with Gasteiger partial charge in [0.05, 0.1) is 30.5 Å². The first kappa shape index (κ1) is 17.9. The zero-order valence-corrected chi connectivity index (χ0v) is 14.8. The Labute approximate surface area is 137 Å². The summed E-state index contributed by atoms with van der Waals surface area (Å²) in [5.41, 5.74) is 2.29.